The molecule has 5 heteroatoms. The van der Waals surface area contributed by atoms with Crippen molar-refractivity contribution >= 4 is 11.8 Å². The van der Waals surface area contributed by atoms with Crippen LogP contribution in [0.4, 0.5) is 0 Å². The Bertz CT molecular complexity index is 438. The lowest BCUT2D eigenvalue weighted by molar-refractivity contribution is 0.968. The average molecular weight is 218 g/mol. The number of thioether (sulfide) groups is 1. The molecule has 2 rings (SSSR count). The summed E-state index contributed by atoms with van der Waals surface area (Å²) in [7, 11) is 0. The van der Waals surface area contributed by atoms with Gasteiger partial charge < -0.3 is 0 Å². The smallest absolute Gasteiger partial charge is 0.187 e. The van der Waals surface area contributed by atoms with E-state index >= 15 is 0 Å². The van der Waals surface area contributed by atoms with E-state index in [1.165, 1.54) is 11.8 Å². The number of aromatic nitrogens is 4. The Kier molecular flexibility index (Phi) is 2.91. The summed E-state index contributed by atoms with van der Waals surface area (Å²) in [6.07, 6.45) is 8.93. The molecule has 0 radical (unpaired) electrons. The maximum atomic E-state index is 4.25. The van der Waals surface area contributed by atoms with Gasteiger partial charge in [0.1, 0.15) is 0 Å². The Balaban J connectivity index is 2.33. The van der Waals surface area contributed by atoms with E-state index in [9.17, 15) is 0 Å². The van der Waals surface area contributed by atoms with E-state index < -0.39 is 0 Å². The molecule has 0 aromatic carbocycles. The molecule has 0 bridgehead atoms. The number of hydrogen-bond acceptors (Lipinski definition) is 5. The maximum absolute atomic E-state index is 4.25. The predicted molar refractivity (Wildman–Crippen MR) is 59.6 cm³/mol. The molecule has 2 heterocycles. The molecular weight excluding hydrogens is 208 g/mol. The number of aryl methyl sites for hydroxylation is 1. The van der Waals surface area contributed by atoms with Gasteiger partial charge in [-0.2, -0.15) is 0 Å². The Labute approximate surface area is 92.2 Å². The van der Waals surface area contributed by atoms with E-state index in [4.69, 9.17) is 0 Å². The van der Waals surface area contributed by atoms with Crippen LogP contribution < -0.4 is 0 Å². The molecule has 0 atom stereocenters. The van der Waals surface area contributed by atoms with Crippen molar-refractivity contribution in [2.24, 2.45) is 0 Å². The molecule has 15 heavy (non-hydrogen) atoms. The molecule has 0 unspecified atom stereocenters. The highest BCUT2D eigenvalue weighted by Crippen LogP contribution is 2.15. The second kappa shape index (κ2) is 4.35. The maximum Gasteiger partial charge on any atom is 0.187 e. The Morgan fingerprint density at radius 3 is 2.20 bits per heavy atom. The van der Waals surface area contributed by atoms with Gasteiger partial charge in [-0.1, -0.05) is 11.8 Å². The van der Waals surface area contributed by atoms with Gasteiger partial charge in [-0.25, -0.2) is 9.97 Å². The zero-order chi connectivity index (χ0) is 10.7. The number of hydrogen-bond donors (Lipinski definition) is 0. The lowest BCUT2D eigenvalue weighted by Crippen LogP contribution is -1.91. The highest BCUT2D eigenvalue weighted by atomic mass is 32.2. The van der Waals surface area contributed by atoms with Crippen molar-refractivity contribution in [3.8, 4) is 11.3 Å². The highest BCUT2D eigenvalue weighted by molar-refractivity contribution is 7.98. The fourth-order valence-electron chi connectivity index (χ4n) is 1.10. The first-order valence-corrected chi connectivity index (χ1v) is 5.67. The van der Waals surface area contributed by atoms with Crippen molar-refractivity contribution in [1.29, 1.82) is 0 Å². The van der Waals surface area contributed by atoms with Crippen LogP contribution >= 0.6 is 11.8 Å². The predicted octanol–water partition coefficient (Wildman–Crippen LogP) is 1.96. The highest BCUT2D eigenvalue weighted by Gasteiger charge is 2.01. The zero-order valence-corrected chi connectivity index (χ0v) is 9.32. The van der Waals surface area contributed by atoms with Crippen LogP contribution in [0, 0.1) is 6.92 Å². The van der Waals surface area contributed by atoms with Crippen molar-refractivity contribution in [3.05, 3.63) is 30.5 Å². The van der Waals surface area contributed by atoms with Crippen LogP contribution in [0.2, 0.25) is 0 Å². The van der Waals surface area contributed by atoms with Crippen LogP contribution in [0.1, 0.15) is 5.69 Å². The zero-order valence-electron chi connectivity index (χ0n) is 8.51. The van der Waals surface area contributed by atoms with Gasteiger partial charge >= 0.3 is 0 Å². The van der Waals surface area contributed by atoms with E-state index in [-0.39, 0.29) is 0 Å². The molecule has 0 amide bonds. The summed E-state index contributed by atoms with van der Waals surface area (Å²) in [4.78, 5) is 16.8. The van der Waals surface area contributed by atoms with Gasteiger partial charge in [0.15, 0.2) is 5.16 Å². The van der Waals surface area contributed by atoms with Gasteiger partial charge in [0, 0.05) is 24.2 Å². The molecule has 0 N–H and O–H groups in total. The van der Waals surface area contributed by atoms with E-state index in [2.05, 4.69) is 19.9 Å². The van der Waals surface area contributed by atoms with Crippen molar-refractivity contribution in [3.63, 3.8) is 0 Å². The fraction of sp³-hybridized carbons (Fsp3) is 0.200. The summed E-state index contributed by atoms with van der Waals surface area (Å²) >= 11 is 1.52. The Hall–Kier alpha value is -1.49. The summed E-state index contributed by atoms with van der Waals surface area (Å²) in [5, 5.41) is 0.763. The molecule has 4 nitrogen and oxygen atoms in total. The minimum atomic E-state index is 0.763. The lowest BCUT2D eigenvalue weighted by atomic mass is 10.2. The lowest BCUT2D eigenvalue weighted by Gasteiger charge is -2.00. The third kappa shape index (κ3) is 2.30. The number of rotatable bonds is 2. The van der Waals surface area contributed by atoms with E-state index in [1.807, 2.05) is 13.2 Å². The van der Waals surface area contributed by atoms with Gasteiger partial charge in [-0.3, -0.25) is 9.97 Å². The first-order valence-electron chi connectivity index (χ1n) is 4.44. The summed E-state index contributed by atoms with van der Waals surface area (Å²) in [6.45, 7) is 1.91. The van der Waals surface area contributed by atoms with Crippen LogP contribution in [0.25, 0.3) is 11.3 Å². The fourth-order valence-corrected chi connectivity index (χ4v) is 1.41. The molecule has 0 saturated heterocycles. The SMILES string of the molecule is CSc1ncc(-c2cnc(C)cn2)cn1. The van der Waals surface area contributed by atoms with Crippen LogP contribution in [-0.2, 0) is 0 Å². The summed E-state index contributed by atoms with van der Waals surface area (Å²) < 4.78 is 0. The second-order valence-electron chi connectivity index (χ2n) is 3.00. The Morgan fingerprint density at radius 2 is 1.67 bits per heavy atom. The molecule has 0 aliphatic heterocycles. The van der Waals surface area contributed by atoms with Crippen molar-refractivity contribution in [1.82, 2.24) is 19.9 Å². The van der Waals surface area contributed by atoms with Crippen molar-refractivity contribution in [2.75, 3.05) is 6.26 Å². The normalized spacial score (nSPS) is 10.3. The first kappa shape index (κ1) is 10.0. The third-order valence-corrected chi connectivity index (χ3v) is 2.46. The van der Waals surface area contributed by atoms with Crippen LogP contribution in [-0.4, -0.2) is 26.2 Å². The van der Waals surface area contributed by atoms with Crippen LogP contribution in [0.3, 0.4) is 0 Å². The number of nitrogens with zero attached hydrogens (tertiary/aromatic N) is 4. The quantitative estimate of drug-likeness (QED) is 0.569. The van der Waals surface area contributed by atoms with Gasteiger partial charge in [0.05, 0.1) is 17.6 Å². The minimum Gasteiger partial charge on any atom is -0.258 e. The van der Waals surface area contributed by atoms with E-state index in [1.54, 1.807) is 24.8 Å². The Morgan fingerprint density at radius 1 is 0.933 bits per heavy atom. The molecule has 0 fully saturated rings. The summed E-state index contributed by atoms with van der Waals surface area (Å²) in [5.41, 5.74) is 2.59. The summed E-state index contributed by atoms with van der Waals surface area (Å²) in [5.74, 6) is 0. The molecule has 0 spiro atoms. The van der Waals surface area contributed by atoms with Gasteiger partial charge in [0.25, 0.3) is 0 Å². The van der Waals surface area contributed by atoms with Crippen molar-refractivity contribution in [2.45, 2.75) is 12.1 Å². The third-order valence-electron chi connectivity index (χ3n) is 1.89. The minimum absolute atomic E-state index is 0.763. The summed E-state index contributed by atoms with van der Waals surface area (Å²) in [6, 6.07) is 0. The standard InChI is InChI=1S/C10H10N4S/c1-7-3-12-9(6-11-7)8-4-13-10(15-2)14-5-8/h3-6H,1-2H3. The molecule has 0 saturated carbocycles. The van der Waals surface area contributed by atoms with Crippen LogP contribution in [0.5, 0.6) is 0 Å². The van der Waals surface area contributed by atoms with E-state index in [0.717, 1.165) is 22.1 Å². The largest absolute Gasteiger partial charge is 0.258 e. The molecule has 0 aliphatic rings. The monoisotopic (exact) mass is 218 g/mol. The van der Waals surface area contributed by atoms with Gasteiger partial charge in [-0.15, -0.1) is 0 Å². The first-order chi connectivity index (χ1) is 7.29. The average Bonchev–Trinajstić information content (AvgIpc) is 2.30. The van der Waals surface area contributed by atoms with Crippen LogP contribution in [0.15, 0.2) is 29.9 Å². The van der Waals surface area contributed by atoms with E-state index in [0.29, 0.717) is 0 Å². The topological polar surface area (TPSA) is 51.6 Å². The molecule has 2 aromatic heterocycles. The molecular formula is C10H10N4S. The van der Waals surface area contributed by atoms with Gasteiger partial charge in [0.2, 0.25) is 0 Å². The second-order valence-corrected chi connectivity index (χ2v) is 3.77. The molecule has 76 valence electrons. The molecule has 2 aromatic rings. The van der Waals surface area contributed by atoms with Gasteiger partial charge in [-0.05, 0) is 13.2 Å². The van der Waals surface area contributed by atoms with Crippen molar-refractivity contribution < 1.29 is 0 Å². The molecule has 0 aliphatic carbocycles.